The van der Waals surface area contributed by atoms with Crippen LogP contribution in [-0.2, 0) is 5.41 Å². The van der Waals surface area contributed by atoms with Crippen molar-refractivity contribution in [2.24, 2.45) is 5.10 Å². The molecule has 1 atom stereocenters. The molecule has 0 bridgehead atoms. The Bertz CT molecular complexity index is 1170. The second kappa shape index (κ2) is 8.90. The monoisotopic (exact) mass is 489 g/mol. The molecular weight excluding hydrogens is 466 g/mol. The number of hydrogen-bond acceptors (Lipinski definition) is 4. The molecule has 0 spiro atoms. The molecule has 1 aromatic heterocycles. The van der Waals surface area contributed by atoms with Gasteiger partial charge in [0.1, 0.15) is 11.6 Å². The summed E-state index contributed by atoms with van der Waals surface area (Å²) in [6, 6.07) is 10.8. The Labute approximate surface area is 189 Å². The molecule has 158 valence electrons. The molecule has 0 radical (unpaired) electrons. The van der Waals surface area contributed by atoms with Gasteiger partial charge >= 0.3 is 0 Å². The number of ether oxygens (including phenoxy) is 1. The number of aromatic nitrogens is 2. The van der Waals surface area contributed by atoms with Gasteiger partial charge in [0.05, 0.1) is 23.2 Å². The standard InChI is InChI=1S/C23H25BrClN3O2/c1-6-14(2)30-20-10-8-17(25)11-15(20)13-26-28-21(29)18-12-16(24)7-9-19(18)27-22(28)23(3,4)5/h7-14H,6H2,1-5H3/t14-/m1/s1. The molecule has 7 heteroatoms. The number of benzene rings is 2. The second-order valence-corrected chi connectivity index (χ2v) is 9.58. The smallest absolute Gasteiger partial charge is 0.282 e. The maximum Gasteiger partial charge on any atom is 0.282 e. The minimum absolute atomic E-state index is 0.0471. The van der Waals surface area contributed by atoms with Crippen LogP contribution in [0.2, 0.25) is 5.02 Å². The fourth-order valence-corrected chi connectivity index (χ4v) is 3.43. The van der Waals surface area contributed by atoms with Crippen molar-refractivity contribution in [2.45, 2.75) is 52.6 Å². The quantitative estimate of drug-likeness (QED) is 0.402. The molecule has 30 heavy (non-hydrogen) atoms. The topological polar surface area (TPSA) is 56.5 Å². The number of nitrogens with zero attached hydrogens (tertiary/aromatic N) is 3. The Morgan fingerprint density at radius 1 is 1.27 bits per heavy atom. The Morgan fingerprint density at radius 3 is 2.67 bits per heavy atom. The summed E-state index contributed by atoms with van der Waals surface area (Å²) in [5.74, 6) is 1.24. The van der Waals surface area contributed by atoms with E-state index in [0.717, 1.165) is 10.9 Å². The number of fused-ring (bicyclic) bond motifs is 1. The molecule has 0 aliphatic rings. The average Bonchev–Trinajstić information content (AvgIpc) is 2.68. The lowest BCUT2D eigenvalue weighted by atomic mass is 9.95. The molecular formula is C23H25BrClN3O2. The van der Waals surface area contributed by atoms with E-state index in [1.54, 1.807) is 24.4 Å². The van der Waals surface area contributed by atoms with Gasteiger partial charge in [0.25, 0.3) is 5.56 Å². The average molecular weight is 491 g/mol. The summed E-state index contributed by atoms with van der Waals surface area (Å²) >= 11 is 9.62. The highest BCUT2D eigenvalue weighted by atomic mass is 79.9. The number of halogens is 2. The zero-order valence-corrected chi connectivity index (χ0v) is 20.1. The molecule has 0 saturated carbocycles. The van der Waals surface area contributed by atoms with Gasteiger partial charge in [-0.2, -0.15) is 9.78 Å². The summed E-state index contributed by atoms with van der Waals surface area (Å²) in [6.45, 7) is 10.1. The van der Waals surface area contributed by atoms with Crippen molar-refractivity contribution < 1.29 is 4.74 Å². The van der Waals surface area contributed by atoms with Crippen LogP contribution in [0.4, 0.5) is 0 Å². The van der Waals surface area contributed by atoms with Crippen LogP contribution < -0.4 is 10.3 Å². The first-order chi connectivity index (χ1) is 14.1. The fraction of sp³-hybridized carbons (Fsp3) is 0.348. The summed E-state index contributed by atoms with van der Waals surface area (Å²) < 4.78 is 8.17. The van der Waals surface area contributed by atoms with Crippen LogP contribution >= 0.6 is 27.5 Å². The van der Waals surface area contributed by atoms with Crippen LogP contribution in [0.3, 0.4) is 0 Å². The van der Waals surface area contributed by atoms with Gasteiger partial charge in [-0.1, -0.05) is 55.2 Å². The summed E-state index contributed by atoms with van der Waals surface area (Å²) in [6.07, 6.45) is 2.52. The van der Waals surface area contributed by atoms with Crippen LogP contribution in [0.1, 0.15) is 52.4 Å². The van der Waals surface area contributed by atoms with E-state index in [-0.39, 0.29) is 17.1 Å². The Balaban J connectivity index is 2.18. The van der Waals surface area contributed by atoms with Crippen molar-refractivity contribution in [1.82, 2.24) is 9.66 Å². The first-order valence-corrected chi connectivity index (χ1v) is 11.0. The van der Waals surface area contributed by atoms with Gasteiger partial charge in [-0.3, -0.25) is 4.79 Å². The molecule has 0 fully saturated rings. The molecule has 5 nitrogen and oxygen atoms in total. The molecule has 0 aliphatic heterocycles. The first-order valence-electron chi connectivity index (χ1n) is 9.83. The van der Waals surface area contributed by atoms with Crippen LogP contribution in [-0.4, -0.2) is 22.0 Å². The SMILES string of the molecule is CC[C@@H](C)Oc1ccc(Cl)cc1C=Nn1c(C(C)(C)C)nc2ccc(Br)cc2c1=O. The predicted octanol–water partition coefficient (Wildman–Crippen LogP) is 6.17. The molecule has 3 aromatic rings. The van der Waals surface area contributed by atoms with Gasteiger partial charge in [-0.05, 0) is 49.7 Å². The van der Waals surface area contributed by atoms with Crippen molar-refractivity contribution in [3.63, 3.8) is 0 Å². The molecule has 0 aliphatic carbocycles. The van der Waals surface area contributed by atoms with Gasteiger partial charge in [0, 0.05) is 20.5 Å². The van der Waals surface area contributed by atoms with Gasteiger partial charge in [-0.25, -0.2) is 4.98 Å². The predicted molar refractivity (Wildman–Crippen MR) is 127 cm³/mol. The van der Waals surface area contributed by atoms with E-state index < -0.39 is 0 Å². The molecule has 0 saturated heterocycles. The summed E-state index contributed by atoms with van der Waals surface area (Å²) in [5.41, 5.74) is 0.725. The minimum Gasteiger partial charge on any atom is -0.490 e. The van der Waals surface area contributed by atoms with E-state index in [2.05, 4.69) is 28.0 Å². The molecule has 1 heterocycles. The Hall–Kier alpha value is -2.18. The molecule has 0 unspecified atom stereocenters. The second-order valence-electron chi connectivity index (χ2n) is 8.23. The van der Waals surface area contributed by atoms with Crippen LogP contribution in [0.5, 0.6) is 5.75 Å². The minimum atomic E-state index is -0.387. The van der Waals surface area contributed by atoms with E-state index in [9.17, 15) is 4.79 Å². The van der Waals surface area contributed by atoms with E-state index in [4.69, 9.17) is 21.3 Å². The van der Waals surface area contributed by atoms with Gasteiger partial charge in [-0.15, -0.1) is 0 Å². The number of hydrogen-bond donors (Lipinski definition) is 0. The summed E-state index contributed by atoms with van der Waals surface area (Å²) in [4.78, 5) is 18.0. The van der Waals surface area contributed by atoms with E-state index in [0.29, 0.717) is 33.1 Å². The van der Waals surface area contributed by atoms with Gasteiger partial charge in [0.2, 0.25) is 0 Å². The van der Waals surface area contributed by atoms with Crippen LogP contribution in [0.25, 0.3) is 10.9 Å². The highest BCUT2D eigenvalue weighted by Gasteiger charge is 2.23. The summed E-state index contributed by atoms with van der Waals surface area (Å²) in [7, 11) is 0. The largest absolute Gasteiger partial charge is 0.490 e. The normalized spacial score (nSPS) is 13.2. The number of rotatable bonds is 5. The summed E-state index contributed by atoms with van der Waals surface area (Å²) in [5, 5.41) is 5.58. The highest BCUT2D eigenvalue weighted by molar-refractivity contribution is 9.10. The van der Waals surface area contributed by atoms with Crippen LogP contribution in [0, 0.1) is 0 Å². The zero-order chi connectivity index (χ0) is 22.1. The van der Waals surface area contributed by atoms with Crippen LogP contribution in [0.15, 0.2) is 50.8 Å². The van der Waals surface area contributed by atoms with Crippen molar-refractivity contribution >= 4 is 44.6 Å². The van der Waals surface area contributed by atoms with Gasteiger partial charge < -0.3 is 4.74 Å². The van der Waals surface area contributed by atoms with E-state index in [1.165, 1.54) is 4.68 Å². The lowest BCUT2D eigenvalue weighted by molar-refractivity contribution is 0.217. The molecule has 0 amide bonds. The lowest BCUT2D eigenvalue weighted by Crippen LogP contribution is -2.29. The Kier molecular flexibility index (Phi) is 6.68. The van der Waals surface area contributed by atoms with Crippen molar-refractivity contribution in [3.05, 3.63) is 67.6 Å². The van der Waals surface area contributed by atoms with E-state index in [1.807, 2.05) is 45.9 Å². The first kappa shape index (κ1) is 22.5. The highest BCUT2D eigenvalue weighted by Crippen LogP contribution is 2.25. The zero-order valence-electron chi connectivity index (χ0n) is 17.7. The van der Waals surface area contributed by atoms with Crippen molar-refractivity contribution in [1.29, 1.82) is 0 Å². The van der Waals surface area contributed by atoms with Crippen molar-refractivity contribution in [3.8, 4) is 5.75 Å². The lowest BCUT2D eigenvalue weighted by Gasteiger charge is -2.21. The Morgan fingerprint density at radius 2 is 2.00 bits per heavy atom. The van der Waals surface area contributed by atoms with Crippen molar-refractivity contribution in [2.75, 3.05) is 0 Å². The molecule has 0 N–H and O–H groups in total. The third-order valence-electron chi connectivity index (χ3n) is 4.67. The van der Waals surface area contributed by atoms with E-state index >= 15 is 0 Å². The van der Waals surface area contributed by atoms with Gasteiger partial charge in [0.15, 0.2) is 0 Å². The fourth-order valence-electron chi connectivity index (χ4n) is 2.89. The maximum atomic E-state index is 13.3. The molecule has 2 aromatic carbocycles. The third kappa shape index (κ3) is 4.93. The maximum absolute atomic E-state index is 13.3. The third-order valence-corrected chi connectivity index (χ3v) is 5.39. The molecule has 3 rings (SSSR count).